The number of alkyl halides is 4. The summed E-state index contributed by atoms with van der Waals surface area (Å²) in [5, 5.41) is 10.4. The van der Waals surface area contributed by atoms with Gasteiger partial charge in [-0.25, -0.2) is 4.39 Å². The van der Waals surface area contributed by atoms with E-state index in [0.29, 0.717) is 12.1 Å². The van der Waals surface area contributed by atoms with Crippen LogP contribution in [0.5, 0.6) is 5.75 Å². The van der Waals surface area contributed by atoms with Crippen molar-refractivity contribution in [3.63, 3.8) is 0 Å². The minimum atomic E-state index is -4.41. The third-order valence-corrected chi connectivity index (χ3v) is 2.57. The monoisotopic (exact) mass is 351 g/mol. The Bertz CT molecular complexity index is 486. The van der Waals surface area contributed by atoms with Crippen LogP contribution in [0.4, 0.5) is 23.2 Å². The molecule has 0 N–H and O–H groups in total. The van der Waals surface area contributed by atoms with E-state index in [1.165, 1.54) is 0 Å². The standard InChI is InChI=1S/C8H3BrClF4NO3/c9-3-1-4(11)5(15(16)17)2-6(3)18-8(13,14)7(10)12/h1-2,7H. The molecule has 0 aliphatic rings. The van der Waals surface area contributed by atoms with Crippen molar-refractivity contribution in [3.05, 3.63) is 32.5 Å². The first-order valence-electron chi connectivity index (χ1n) is 4.13. The van der Waals surface area contributed by atoms with Crippen molar-refractivity contribution in [1.29, 1.82) is 0 Å². The van der Waals surface area contributed by atoms with E-state index in [2.05, 4.69) is 32.3 Å². The Labute approximate surface area is 111 Å². The minimum absolute atomic E-state index is 0.345. The summed E-state index contributed by atoms with van der Waals surface area (Å²) < 4.78 is 54.6. The first-order chi connectivity index (χ1) is 8.15. The fraction of sp³-hybridized carbons (Fsp3) is 0.250. The van der Waals surface area contributed by atoms with Crippen molar-refractivity contribution in [3.8, 4) is 5.75 Å². The van der Waals surface area contributed by atoms with Crippen LogP contribution in [0.2, 0.25) is 0 Å². The molecule has 0 fully saturated rings. The largest absolute Gasteiger partial charge is 0.444 e. The summed E-state index contributed by atoms with van der Waals surface area (Å²) in [6.45, 7) is 0. The van der Waals surface area contributed by atoms with Crippen LogP contribution in [-0.2, 0) is 0 Å². The molecule has 0 aromatic heterocycles. The smallest absolute Gasteiger partial charge is 0.428 e. The highest BCUT2D eigenvalue weighted by molar-refractivity contribution is 9.10. The number of nitro benzene ring substituents is 1. The Hall–Kier alpha value is -1.09. The number of ether oxygens (including phenoxy) is 1. The Morgan fingerprint density at radius 2 is 2.06 bits per heavy atom. The van der Waals surface area contributed by atoms with Gasteiger partial charge < -0.3 is 4.74 Å². The molecule has 1 aromatic rings. The maximum atomic E-state index is 13.1. The Morgan fingerprint density at radius 1 is 1.50 bits per heavy atom. The lowest BCUT2D eigenvalue weighted by molar-refractivity contribution is -0.387. The number of nitrogens with zero attached hydrogens (tertiary/aromatic N) is 1. The quantitative estimate of drug-likeness (QED) is 0.356. The van der Waals surface area contributed by atoms with E-state index in [-0.39, 0.29) is 4.47 Å². The molecule has 100 valence electrons. The second kappa shape index (κ2) is 5.27. The van der Waals surface area contributed by atoms with E-state index in [1.54, 1.807) is 0 Å². The molecule has 0 amide bonds. The van der Waals surface area contributed by atoms with Crippen molar-refractivity contribution < 1.29 is 27.2 Å². The summed E-state index contributed by atoms with van der Waals surface area (Å²) in [6.07, 6.45) is -4.41. The van der Waals surface area contributed by atoms with Gasteiger partial charge in [-0.15, -0.1) is 0 Å². The zero-order chi connectivity index (χ0) is 14.1. The van der Waals surface area contributed by atoms with Crippen LogP contribution < -0.4 is 4.74 Å². The molecule has 0 bridgehead atoms. The van der Waals surface area contributed by atoms with E-state index < -0.39 is 33.9 Å². The molecule has 1 aromatic carbocycles. The molecule has 4 nitrogen and oxygen atoms in total. The van der Waals surface area contributed by atoms with Gasteiger partial charge in [0.05, 0.1) is 15.5 Å². The SMILES string of the molecule is O=[N+]([O-])c1cc(OC(F)(F)C(F)Cl)c(Br)cc1F. The molecular weight excluding hydrogens is 349 g/mol. The van der Waals surface area contributed by atoms with Crippen LogP contribution in [0, 0.1) is 15.9 Å². The predicted octanol–water partition coefficient (Wildman–Crippen LogP) is 4.00. The van der Waals surface area contributed by atoms with Gasteiger partial charge >= 0.3 is 11.8 Å². The van der Waals surface area contributed by atoms with E-state index >= 15 is 0 Å². The molecule has 0 spiro atoms. The van der Waals surface area contributed by atoms with Crippen LogP contribution in [0.3, 0.4) is 0 Å². The number of nitro groups is 1. The van der Waals surface area contributed by atoms with Gasteiger partial charge in [0.1, 0.15) is 5.75 Å². The highest BCUT2D eigenvalue weighted by atomic mass is 79.9. The zero-order valence-electron chi connectivity index (χ0n) is 8.17. The molecule has 0 saturated carbocycles. The van der Waals surface area contributed by atoms with Crippen LogP contribution >= 0.6 is 27.5 Å². The van der Waals surface area contributed by atoms with Crippen LogP contribution in [0.15, 0.2) is 16.6 Å². The summed E-state index contributed by atoms with van der Waals surface area (Å²) >= 11 is 7.19. The summed E-state index contributed by atoms with van der Waals surface area (Å²) in [7, 11) is 0. The van der Waals surface area contributed by atoms with Gasteiger partial charge in [0.25, 0.3) is 5.63 Å². The van der Waals surface area contributed by atoms with Crippen LogP contribution in [-0.4, -0.2) is 16.7 Å². The molecule has 1 unspecified atom stereocenters. The summed E-state index contributed by atoms with van der Waals surface area (Å²) in [5.74, 6) is -2.07. The van der Waals surface area contributed by atoms with E-state index in [1.807, 2.05) is 0 Å². The van der Waals surface area contributed by atoms with Crippen molar-refractivity contribution in [2.24, 2.45) is 0 Å². The molecular formula is C8H3BrClF4NO3. The molecule has 1 atom stereocenters. The molecule has 0 radical (unpaired) electrons. The van der Waals surface area contributed by atoms with Crippen molar-refractivity contribution in [2.45, 2.75) is 11.7 Å². The average Bonchev–Trinajstić information content (AvgIpc) is 2.21. The maximum Gasteiger partial charge on any atom is 0.444 e. The summed E-state index contributed by atoms with van der Waals surface area (Å²) in [6, 6.07) is 0.942. The molecule has 0 aliphatic carbocycles. The predicted molar refractivity (Wildman–Crippen MR) is 57.1 cm³/mol. The first kappa shape index (κ1) is 15.0. The molecule has 0 saturated heterocycles. The van der Waals surface area contributed by atoms with E-state index in [4.69, 9.17) is 0 Å². The highest BCUT2D eigenvalue weighted by Crippen LogP contribution is 2.36. The van der Waals surface area contributed by atoms with Crippen molar-refractivity contribution in [1.82, 2.24) is 0 Å². The molecule has 0 aliphatic heterocycles. The summed E-state index contributed by atoms with van der Waals surface area (Å²) in [4.78, 5) is 9.25. The van der Waals surface area contributed by atoms with Gasteiger partial charge in [0.2, 0.25) is 5.82 Å². The van der Waals surface area contributed by atoms with Gasteiger partial charge in [-0.3, -0.25) is 10.1 Å². The number of rotatable bonds is 4. The number of benzene rings is 1. The second-order valence-electron chi connectivity index (χ2n) is 2.96. The number of halogens is 6. The van der Waals surface area contributed by atoms with Crippen molar-refractivity contribution >= 4 is 33.2 Å². The lowest BCUT2D eigenvalue weighted by Gasteiger charge is -2.18. The van der Waals surface area contributed by atoms with Gasteiger partial charge in [-0.2, -0.15) is 13.2 Å². The lowest BCUT2D eigenvalue weighted by Crippen LogP contribution is -2.32. The number of hydrogen-bond donors (Lipinski definition) is 0. The van der Waals surface area contributed by atoms with Gasteiger partial charge in [0.15, 0.2) is 0 Å². The third kappa shape index (κ3) is 3.22. The van der Waals surface area contributed by atoms with E-state index in [0.717, 1.165) is 0 Å². The third-order valence-electron chi connectivity index (χ3n) is 1.70. The van der Waals surface area contributed by atoms with Crippen LogP contribution in [0.1, 0.15) is 0 Å². The first-order valence-corrected chi connectivity index (χ1v) is 5.36. The zero-order valence-corrected chi connectivity index (χ0v) is 10.5. The Balaban J connectivity index is 3.18. The van der Waals surface area contributed by atoms with Crippen LogP contribution in [0.25, 0.3) is 0 Å². The van der Waals surface area contributed by atoms with E-state index in [9.17, 15) is 27.7 Å². The Kier molecular flexibility index (Phi) is 4.38. The second-order valence-corrected chi connectivity index (χ2v) is 4.19. The topological polar surface area (TPSA) is 52.4 Å². The lowest BCUT2D eigenvalue weighted by atomic mass is 10.3. The maximum absolute atomic E-state index is 13.1. The minimum Gasteiger partial charge on any atom is -0.428 e. The number of hydrogen-bond acceptors (Lipinski definition) is 3. The fourth-order valence-electron chi connectivity index (χ4n) is 0.928. The summed E-state index contributed by atoms with van der Waals surface area (Å²) in [5.41, 5.74) is -4.25. The fourth-order valence-corrected chi connectivity index (χ4v) is 1.37. The van der Waals surface area contributed by atoms with Gasteiger partial charge in [-0.05, 0) is 22.0 Å². The molecule has 1 rings (SSSR count). The van der Waals surface area contributed by atoms with Gasteiger partial charge in [-0.1, -0.05) is 11.6 Å². The molecule has 10 heteroatoms. The molecule has 18 heavy (non-hydrogen) atoms. The van der Waals surface area contributed by atoms with Gasteiger partial charge in [0, 0.05) is 0 Å². The molecule has 0 heterocycles. The van der Waals surface area contributed by atoms with Crippen molar-refractivity contribution in [2.75, 3.05) is 0 Å². The Morgan fingerprint density at radius 3 is 2.50 bits per heavy atom. The average molecular weight is 352 g/mol. The highest BCUT2D eigenvalue weighted by Gasteiger charge is 2.43. The normalized spacial score (nSPS) is 13.2.